The molecule has 4 nitrogen and oxygen atoms in total. The Labute approximate surface area is 208 Å². The molecule has 3 aliphatic heterocycles. The van der Waals surface area contributed by atoms with Gasteiger partial charge in [-0.05, 0) is 70.4 Å². The molecule has 34 heavy (non-hydrogen) atoms. The summed E-state index contributed by atoms with van der Waals surface area (Å²) in [4.78, 5) is 15.0. The zero-order valence-electron chi connectivity index (χ0n) is 20.7. The SMILES string of the molecule is CC(CCC1NC(=O)C(C)(C)S1)N1C2CCC(OC(c3ccccc3)c3ccccc3)C1CC2. The van der Waals surface area contributed by atoms with Gasteiger partial charge < -0.3 is 10.1 Å². The monoisotopic (exact) mass is 478 g/mol. The number of hydrogen-bond donors (Lipinski definition) is 1. The molecule has 5 heteroatoms. The minimum Gasteiger partial charge on any atom is -0.364 e. The van der Waals surface area contributed by atoms with Crippen molar-refractivity contribution < 1.29 is 9.53 Å². The first-order valence-corrected chi connectivity index (χ1v) is 13.8. The third-order valence-electron chi connectivity index (χ3n) is 7.96. The number of nitrogens with one attached hydrogen (secondary N) is 1. The summed E-state index contributed by atoms with van der Waals surface area (Å²) in [5.41, 5.74) is 2.45. The molecule has 2 aromatic rings. The van der Waals surface area contributed by atoms with Crippen molar-refractivity contribution in [1.82, 2.24) is 10.2 Å². The summed E-state index contributed by atoms with van der Waals surface area (Å²) in [6.45, 7) is 6.43. The van der Waals surface area contributed by atoms with Crippen LogP contribution in [0.1, 0.15) is 76.5 Å². The summed E-state index contributed by atoms with van der Waals surface area (Å²) >= 11 is 1.78. The Bertz CT molecular complexity index is 927. The fraction of sp³-hybridized carbons (Fsp3) is 0.552. The molecule has 5 unspecified atom stereocenters. The number of hydrogen-bond acceptors (Lipinski definition) is 4. The van der Waals surface area contributed by atoms with E-state index in [0.29, 0.717) is 18.1 Å². The first kappa shape index (κ1) is 23.9. The maximum absolute atomic E-state index is 12.2. The quantitative estimate of drug-likeness (QED) is 0.511. The predicted molar refractivity (Wildman–Crippen MR) is 140 cm³/mol. The number of nitrogens with zero attached hydrogens (tertiary/aromatic N) is 1. The van der Waals surface area contributed by atoms with Gasteiger partial charge in [0.05, 0.1) is 16.2 Å². The lowest BCUT2D eigenvalue weighted by atomic mass is 9.95. The van der Waals surface area contributed by atoms with Gasteiger partial charge in [-0.15, -0.1) is 11.8 Å². The lowest BCUT2D eigenvalue weighted by Gasteiger charge is -2.44. The number of carbonyl (C=O) groups is 1. The second-order valence-corrected chi connectivity index (χ2v) is 12.5. The smallest absolute Gasteiger partial charge is 0.236 e. The molecule has 0 saturated carbocycles. The first-order chi connectivity index (χ1) is 16.4. The third kappa shape index (κ3) is 4.93. The predicted octanol–water partition coefficient (Wildman–Crippen LogP) is 5.92. The highest BCUT2D eigenvalue weighted by Crippen LogP contribution is 2.43. The van der Waals surface area contributed by atoms with Crippen LogP contribution in [0.3, 0.4) is 0 Å². The van der Waals surface area contributed by atoms with Crippen molar-refractivity contribution in [3.8, 4) is 0 Å². The maximum Gasteiger partial charge on any atom is 0.236 e. The number of ether oxygens (including phenoxy) is 1. The molecule has 0 aromatic heterocycles. The number of amides is 1. The van der Waals surface area contributed by atoms with Crippen LogP contribution in [0.15, 0.2) is 60.7 Å². The Morgan fingerprint density at radius 1 is 1.00 bits per heavy atom. The summed E-state index contributed by atoms with van der Waals surface area (Å²) in [5.74, 6) is 0.175. The molecule has 3 saturated heterocycles. The number of thioether (sulfide) groups is 1. The van der Waals surface area contributed by atoms with Crippen LogP contribution < -0.4 is 5.32 Å². The van der Waals surface area contributed by atoms with Crippen LogP contribution in [-0.4, -0.2) is 45.2 Å². The average Bonchev–Trinajstić information content (AvgIpc) is 3.31. The molecule has 1 N–H and O–H groups in total. The van der Waals surface area contributed by atoms with E-state index in [9.17, 15) is 4.79 Å². The van der Waals surface area contributed by atoms with E-state index >= 15 is 0 Å². The molecule has 1 amide bonds. The summed E-state index contributed by atoms with van der Waals surface area (Å²) in [6.07, 6.45) is 7.19. The number of fused-ring (bicyclic) bond motifs is 2. The van der Waals surface area contributed by atoms with Gasteiger partial charge in [0.2, 0.25) is 5.91 Å². The minimum atomic E-state index is -0.305. The zero-order valence-corrected chi connectivity index (χ0v) is 21.5. The van der Waals surface area contributed by atoms with Crippen LogP contribution in [0.5, 0.6) is 0 Å². The average molecular weight is 479 g/mol. The summed E-state index contributed by atoms with van der Waals surface area (Å²) in [6, 6.07) is 23.0. The largest absolute Gasteiger partial charge is 0.364 e. The number of piperidine rings is 1. The molecule has 3 heterocycles. The van der Waals surface area contributed by atoms with E-state index in [2.05, 4.69) is 77.8 Å². The second-order valence-electron chi connectivity index (χ2n) is 10.7. The first-order valence-electron chi connectivity index (χ1n) is 12.9. The van der Waals surface area contributed by atoms with Gasteiger partial charge >= 0.3 is 0 Å². The maximum atomic E-state index is 12.2. The standard InChI is InChI=1S/C29H38N2O2S/c1-20(14-19-26-30-28(32)29(2,3)34-26)31-23-15-17-24(31)25(18-16-23)33-27(21-10-6-4-7-11-21)22-12-8-5-9-13-22/h4-13,20,23-27H,14-19H2,1-3H3,(H,30,32). The molecule has 0 aliphatic carbocycles. The Kier molecular flexibility index (Phi) is 7.06. The third-order valence-corrected chi connectivity index (χ3v) is 9.37. The lowest BCUT2D eigenvalue weighted by Crippen LogP contribution is -2.52. The fourth-order valence-electron chi connectivity index (χ4n) is 6.21. The van der Waals surface area contributed by atoms with Crippen molar-refractivity contribution in [2.45, 2.75) is 99.8 Å². The lowest BCUT2D eigenvalue weighted by molar-refractivity contribution is -0.122. The van der Waals surface area contributed by atoms with E-state index in [0.717, 1.165) is 19.3 Å². The van der Waals surface area contributed by atoms with Crippen molar-refractivity contribution in [3.63, 3.8) is 0 Å². The Morgan fingerprint density at radius 2 is 1.62 bits per heavy atom. The van der Waals surface area contributed by atoms with E-state index in [-0.39, 0.29) is 28.2 Å². The molecule has 3 aliphatic rings. The highest BCUT2D eigenvalue weighted by atomic mass is 32.2. The van der Waals surface area contributed by atoms with E-state index in [1.807, 2.05) is 13.8 Å². The normalized spacial score (nSPS) is 29.4. The molecule has 5 atom stereocenters. The van der Waals surface area contributed by atoms with Crippen molar-refractivity contribution in [2.75, 3.05) is 0 Å². The van der Waals surface area contributed by atoms with Gasteiger partial charge in [0.25, 0.3) is 0 Å². The Hall–Kier alpha value is -1.82. The van der Waals surface area contributed by atoms with Gasteiger partial charge in [-0.25, -0.2) is 0 Å². The Morgan fingerprint density at radius 3 is 2.21 bits per heavy atom. The van der Waals surface area contributed by atoms with Gasteiger partial charge in [-0.1, -0.05) is 60.7 Å². The van der Waals surface area contributed by atoms with E-state index in [1.54, 1.807) is 11.8 Å². The molecule has 0 radical (unpaired) electrons. The van der Waals surface area contributed by atoms with Gasteiger partial charge in [-0.2, -0.15) is 0 Å². The molecule has 2 bridgehead atoms. The van der Waals surface area contributed by atoms with Crippen LogP contribution in [-0.2, 0) is 9.53 Å². The van der Waals surface area contributed by atoms with Crippen molar-refractivity contribution in [2.24, 2.45) is 0 Å². The summed E-state index contributed by atoms with van der Waals surface area (Å²) < 4.78 is 6.69. The molecular formula is C29H38N2O2S. The summed E-state index contributed by atoms with van der Waals surface area (Å²) in [5, 5.41) is 3.43. The van der Waals surface area contributed by atoms with E-state index in [1.165, 1.54) is 30.4 Å². The highest BCUT2D eigenvalue weighted by molar-refractivity contribution is 8.02. The van der Waals surface area contributed by atoms with Crippen LogP contribution in [0.2, 0.25) is 0 Å². The second kappa shape index (κ2) is 10.0. The van der Waals surface area contributed by atoms with Gasteiger partial charge in [0, 0.05) is 18.1 Å². The van der Waals surface area contributed by atoms with Gasteiger partial charge in [-0.3, -0.25) is 9.69 Å². The molecule has 2 aromatic carbocycles. The van der Waals surface area contributed by atoms with Crippen molar-refractivity contribution >= 4 is 17.7 Å². The molecule has 3 fully saturated rings. The highest BCUT2D eigenvalue weighted by Gasteiger charge is 2.46. The molecular weight excluding hydrogens is 440 g/mol. The number of rotatable bonds is 8. The molecule has 182 valence electrons. The van der Waals surface area contributed by atoms with Crippen LogP contribution in [0.4, 0.5) is 0 Å². The molecule has 5 rings (SSSR count). The van der Waals surface area contributed by atoms with E-state index < -0.39 is 0 Å². The topological polar surface area (TPSA) is 41.6 Å². The van der Waals surface area contributed by atoms with Crippen LogP contribution >= 0.6 is 11.8 Å². The van der Waals surface area contributed by atoms with Crippen LogP contribution in [0, 0.1) is 0 Å². The van der Waals surface area contributed by atoms with E-state index in [4.69, 9.17) is 4.74 Å². The van der Waals surface area contributed by atoms with Gasteiger partial charge in [0.1, 0.15) is 6.10 Å². The van der Waals surface area contributed by atoms with Crippen molar-refractivity contribution in [3.05, 3.63) is 71.8 Å². The zero-order chi connectivity index (χ0) is 23.7. The fourth-order valence-corrected chi connectivity index (χ4v) is 7.51. The Balaban J connectivity index is 1.28. The number of carbonyl (C=O) groups excluding carboxylic acids is 1. The number of benzene rings is 2. The minimum absolute atomic E-state index is 0.0333. The van der Waals surface area contributed by atoms with Crippen LogP contribution in [0.25, 0.3) is 0 Å². The van der Waals surface area contributed by atoms with Crippen molar-refractivity contribution in [1.29, 1.82) is 0 Å². The molecule has 0 spiro atoms. The summed E-state index contributed by atoms with van der Waals surface area (Å²) in [7, 11) is 0. The van der Waals surface area contributed by atoms with Gasteiger partial charge in [0.15, 0.2) is 0 Å².